The normalized spacial score (nSPS) is 12.9. The van der Waals surface area contributed by atoms with Gasteiger partial charge < -0.3 is 0 Å². The number of rotatable bonds is 7. The predicted molar refractivity (Wildman–Crippen MR) is 71.5 cm³/mol. The highest BCUT2D eigenvalue weighted by Gasteiger charge is 2.16. The summed E-state index contributed by atoms with van der Waals surface area (Å²) in [6.07, 6.45) is 0.923. The lowest BCUT2D eigenvalue weighted by atomic mass is 10.0. The lowest BCUT2D eigenvalue weighted by Crippen LogP contribution is -2.29. The predicted octanol–water partition coefficient (Wildman–Crippen LogP) is 2.01. The summed E-state index contributed by atoms with van der Waals surface area (Å²) in [5, 5.41) is 8.36. The monoisotopic (exact) mass is 266 g/mol. The van der Waals surface area contributed by atoms with E-state index in [1.807, 2.05) is 43.3 Å². The molecule has 1 atom stereocenters. The third-order valence-electron chi connectivity index (χ3n) is 2.63. The lowest BCUT2D eigenvalue weighted by Gasteiger charge is -2.12. The molecule has 0 aliphatic heterocycles. The molecule has 1 N–H and O–H groups in total. The highest BCUT2D eigenvalue weighted by atomic mass is 32.2. The van der Waals surface area contributed by atoms with E-state index in [0.717, 1.165) is 5.56 Å². The van der Waals surface area contributed by atoms with Crippen molar-refractivity contribution in [3.8, 4) is 6.07 Å². The Hall–Kier alpha value is -1.38. The third kappa shape index (κ3) is 5.30. The van der Waals surface area contributed by atoms with E-state index in [1.165, 1.54) is 0 Å². The number of unbranched alkanes of at least 4 members (excludes halogenated alkanes) is 1. The van der Waals surface area contributed by atoms with Gasteiger partial charge in [0.1, 0.15) is 0 Å². The fourth-order valence-electron chi connectivity index (χ4n) is 1.66. The van der Waals surface area contributed by atoms with Crippen molar-refractivity contribution in [1.29, 1.82) is 5.26 Å². The van der Waals surface area contributed by atoms with Crippen LogP contribution in [-0.4, -0.2) is 20.7 Å². The number of nitrogens with one attached hydrogen (secondary N) is 1. The summed E-state index contributed by atoms with van der Waals surface area (Å²) in [6, 6.07) is 11.5. The second-order valence-corrected chi connectivity index (χ2v) is 6.10. The molecule has 0 aromatic heterocycles. The molecule has 0 fully saturated rings. The largest absolute Gasteiger partial charge is 0.215 e. The Balaban J connectivity index is 2.48. The van der Waals surface area contributed by atoms with E-state index in [4.69, 9.17) is 5.26 Å². The van der Waals surface area contributed by atoms with Crippen LogP contribution in [0.25, 0.3) is 0 Å². The third-order valence-corrected chi connectivity index (χ3v) is 4.21. The SMILES string of the molecule is CC(CS(=O)(=O)NCCCC#N)c1ccccc1. The van der Waals surface area contributed by atoms with E-state index < -0.39 is 10.0 Å². The molecule has 1 aromatic carbocycles. The number of hydrogen-bond donors (Lipinski definition) is 1. The first-order valence-electron chi connectivity index (χ1n) is 5.94. The first-order valence-corrected chi connectivity index (χ1v) is 7.59. The number of hydrogen-bond acceptors (Lipinski definition) is 3. The maximum absolute atomic E-state index is 11.8. The molecule has 5 heteroatoms. The molecule has 0 saturated carbocycles. The summed E-state index contributed by atoms with van der Waals surface area (Å²) in [4.78, 5) is 0. The van der Waals surface area contributed by atoms with Gasteiger partial charge in [-0.15, -0.1) is 0 Å². The number of nitrogens with zero attached hydrogens (tertiary/aromatic N) is 1. The minimum atomic E-state index is -3.27. The van der Waals surface area contributed by atoms with Gasteiger partial charge in [-0.25, -0.2) is 13.1 Å². The molecule has 0 radical (unpaired) electrons. The van der Waals surface area contributed by atoms with Gasteiger partial charge in [0.05, 0.1) is 11.8 Å². The van der Waals surface area contributed by atoms with Gasteiger partial charge in [0, 0.05) is 13.0 Å². The highest BCUT2D eigenvalue weighted by Crippen LogP contribution is 2.16. The van der Waals surface area contributed by atoms with Crippen LogP contribution >= 0.6 is 0 Å². The topological polar surface area (TPSA) is 70.0 Å². The molecular weight excluding hydrogens is 248 g/mol. The summed E-state index contributed by atoms with van der Waals surface area (Å²) in [5.74, 6) is 0.0310. The van der Waals surface area contributed by atoms with Crippen molar-refractivity contribution in [2.75, 3.05) is 12.3 Å². The van der Waals surface area contributed by atoms with Gasteiger partial charge in [0.15, 0.2) is 0 Å². The Morgan fingerprint density at radius 1 is 1.33 bits per heavy atom. The van der Waals surface area contributed by atoms with E-state index in [0.29, 0.717) is 19.4 Å². The van der Waals surface area contributed by atoms with Crippen molar-refractivity contribution < 1.29 is 8.42 Å². The van der Waals surface area contributed by atoms with E-state index in [-0.39, 0.29) is 11.7 Å². The molecule has 0 bridgehead atoms. The first kappa shape index (κ1) is 14.7. The molecule has 0 aliphatic rings. The van der Waals surface area contributed by atoms with Crippen LogP contribution in [0, 0.1) is 11.3 Å². The Morgan fingerprint density at radius 3 is 2.61 bits per heavy atom. The Morgan fingerprint density at radius 2 is 2.00 bits per heavy atom. The second-order valence-electron chi connectivity index (χ2n) is 4.25. The number of nitriles is 1. The minimum absolute atomic E-state index is 0.0420. The molecule has 98 valence electrons. The molecule has 1 unspecified atom stereocenters. The fourth-order valence-corrected chi connectivity index (χ4v) is 3.08. The van der Waals surface area contributed by atoms with E-state index in [9.17, 15) is 8.42 Å². The van der Waals surface area contributed by atoms with E-state index in [2.05, 4.69) is 4.72 Å². The molecule has 4 nitrogen and oxygen atoms in total. The van der Waals surface area contributed by atoms with Crippen LogP contribution in [0.15, 0.2) is 30.3 Å². The second kappa shape index (κ2) is 7.14. The quantitative estimate of drug-likeness (QED) is 0.767. The van der Waals surface area contributed by atoms with Gasteiger partial charge in [-0.3, -0.25) is 0 Å². The van der Waals surface area contributed by atoms with Gasteiger partial charge >= 0.3 is 0 Å². The van der Waals surface area contributed by atoms with Crippen LogP contribution in [0.3, 0.4) is 0 Å². The van der Waals surface area contributed by atoms with Crippen LogP contribution in [-0.2, 0) is 10.0 Å². The smallest absolute Gasteiger partial charge is 0.212 e. The summed E-state index contributed by atoms with van der Waals surface area (Å²) in [6.45, 7) is 2.22. The van der Waals surface area contributed by atoms with Gasteiger partial charge in [-0.2, -0.15) is 5.26 Å². The molecule has 0 amide bonds. The van der Waals surface area contributed by atoms with Crippen LogP contribution < -0.4 is 4.72 Å². The average Bonchev–Trinajstić information content (AvgIpc) is 2.35. The Bertz CT molecular complexity index is 491. The molecule has 0 saturated heterocycles. The molecule has 0 spiro atoms. The maximum atomic E-state index is 11.8. The van der Waals surface area contributed by atoms with Crippen LogP contribution in [0.5, 0.6) is 0 Å². The minimum Gasteiger partial charge on any atom is -0.215 e. The van der Waals surface area contributed by atoms with Crippen LogP contribution in [0.2, 0.25) is 0 Å². The average molecular weight is 266 g/mol. The molecular formula is C13H18N2O2S. The zero-order valence-corrected chi connectivity index (χ0v) is 11.3. The molecule has 0 heterocycles. The maximum Gasteiger partial charge on any atom is 0.212 e. The van der Waals surface area contributed by atoms with Crippen molar-refractivity contribution in [3.63, 3.8) is 0 Å². The van der Waals surface area contributed by atoms with Gasteiger partial charge in [0.2, 0.25) is 10.0 Å². The molecule has 18 heavy (non-hydrogen) atoms. The van der Waals surface area contributed by atoms with Crippen molar-refractivity contribution in [2.45, 2.75) is 25.7 Å². The van der Waals surface area contributed by atoms with Gasteiger partial charge in [-0.05, 0) is 17.9 Å². The van der Waals surface area contributed by atoms with Crippen molar-refractivity contribution in [3.05, 3.63) is 35.9 Å². The fraction of sp³-hybridized carbons (Fsp3) is 0.462. The first-order chi connectivity index (χ1) is 8.55. The Labute approximate surface area is 109 Å². The Kier molecular flexibility index (Phi) is 5.83. The van der Waals surface area contributed by atoms with Crippen LogP contribution in [0.4, 0.5) is 0 Å². The van der Waals surface area contributed by atoms with Gasteiger partial charge in [0.25, 0.3) is 0 Å². The highest BCUT2D eigenvalue weighted by molar-refractivity contribution is 7.89. The standard InChI is InChI=1S/C13H18N2O2S/c1-12(13-7-3-2-4-8-13)11-18(16,17)15-10-6-5-9-14/h2-4,7-8,12,15H,5-6,10-11H2,1H3. The van der Waals surface area contributed by atoms with Gasteiger partial charge in [-0.1, -0.05) is 37.3 Å². The van der Waals surface area contributed by atoms with Crippen molar-refractivity contribution >= 4 is 10.0 Å². The molecule has 1 rings (SSSR count). The summed E-state index contributed by atoms with van der Waals surface area (Å²) in [7, 11) is -3.27. The zero-order valence-electron chi connectivity index (χ0n) is 10.5. The lowest BCUT2D eigenvalue weighted by molar-refractivity contribution is 0.574. The number of benzene rings is 1. The van der Waals surface area contributed by atoms with E-state index >= 15 is 0 Å². The van der Waals surface area contributed by atoms with E-state index in [1.54, 1.807) is 0 Å². The van der Waals surface area contributed by atoms with Crippen molar-refractivity contribution in [1.82, 2.24) is 4.72 Å². The summed E-state index contributed by atoms with van der Waals surface area (Å²) >= 11 is 0. The van der Waals surface area contributed by atoms with Crippen molar-refractivity contribution in [2.24, 2.45) is 0 Å². The summed E-state index contributed by atoms with van der Waals surface area (Å²) in [5.41, 5.74) is 1.01. The molecule has 0 aliphatic carbocycles. The zero-order chi connectivity index (χ0) is 13.4. The molecule has 1 aromatic rings. The van der Waals surface area contributed by atoms with Crippen LogP contribution in [0.1, 0.15) is 31.2 Å². The number of sulfonamides is 1. The summed E-state index contributed by atoms with van der Waals surface area (Å²) < 4.78 is 26.1.